The molecular weight excluding hydrogens is 318 g/mol. The molecule has 0 aromatic carbocycles. The Morgan fingerprint density at radius 1 is 1.54 bits per heavy atom. The zero-order valence-corrected chi connectivity index (χ0v) is 13.4. The smallest absolute Gasteiger partial charge is 0.404 e. The molecular formula is C13H24N7O4+. The minimum atomic E-state index is -2.11. The van der Waals surface area contributed by atoms with Crippen LogP contribution in [0.4, 0.5) is 4.79 Å². The normalized spacial score (nSPS) is 36.3. The van der Waals surface area contributed by atoms with Gasteiger partial charge in [-0.15, -0.1) is 0 Å². The molecule has 11 nitrogen and oxygen atoms in total. The highest BCUT2D eigenvalue weighted by molar-refractivity contribution is 5.84. The van der Waals surface area contributed by atoms with Gasteiger partial charge in [-0.25, -0.2) is 15.1 Å². The number of nitrogens with one attached hydrogen (secondary N) is 2. The third-order valence-electron chi connectivity index (χ3n) is 4.91. The maximum Gasteiger partial charge on any atom is 0.404 e. The number of carbonyl (C=O) groups excluding carboxylic acids is 1. The zero-order chi connectivity index (χ0) is 17.7. The molecule has 0 aromatic heterocycles. The van der Waals surface area contributed by atoms with Crippen molar-refractivity contribution >= 4 is 18.0 Å². The van der Waals surface area contributed by atoms with E-state index in [-0.39, 0.29) is 31.0 Å². The molecule has 1 amide bonds. The second-order valence-corrected chi connectivity index (χ2v) is 6.44. The number of nitrogens with zero attached hydrogens (tertiary/aromatic N) is 2. The number of ether oxygens (including phenoxy) is 1. The lowest BCUT2D eigenvalue weighted by atomic mass is 9.86. The van der Waals surface area contributed by atoms with Crippen molar-refractivity contribution < 1.29 is 24.7 Å². The topological polar surface area (TPSA) is 186 Å². The van der Waals surface area contributed by atoms with Crippen LogP contribution in [0.1, 0.15) is 26.2 Å². The summed E-state index contributed by atoms with van der Waals surface area (Å²) < 4.78 is 4.84. The highest BCUT2D eigenvalue weighted by atomic mass is 16.5. The van der Waals surface area contributed by atoms with Crippen molar-refractivity contribution in [2.75, 3.05) is 6.61 Å². The van der Waals surface area contributed by atoms with E-state index in [1.54, 1.807) is 4.90 Å². The molecule has 134 valence electrons. The molecule has 3 heterocycles. The van der Waals surface area contributed by atoms with E-state index in [0.717, 1.165) is 6.42 Å². The highest BCUT2D eigenvalue weighted by Gasteiger charge is 2.74. The van der Waals surface area contributed by atoms with Crippen LogP contribution in [0.3, 0.4) is 0 Å². The van der Waals surface area contributed by atoms with E-state index in [4.69, 9.17) is 21.9 Å². The highest BCUT2D eigenvalue weighted by Crippen LogP contribution is 2.45. The Balaban J connectivity index is 2.04. The molecule has 1 unspecified atom stereocenters. The van der Waals surface area contributed by atoms with Gasteiger partial charge in [-0.1, -0.05) is 13.3 Å². The number of nitrogens with two attached hydrogens (primary N) is 3. The average molecular weight is 342 g/mol. The van der Waals surface area contributed by atoms with Crippen LogP contribution in [0.2, 0.25) is 0 Å². The van der Waals surface area contributed by atoms with Gasteiger partial charge in [0.25, 0.3) is 5.66 Å². The quantitative estimate of drug-likeness (QED) is 0.249. The SMILES string of the molecule is CCCC1CC(O)(O)[C@]23NC(N)=[NH+][C@H]2[C@H](COC(N)=O)N=C(N)N13. The summed E-state index contributed by atoms with van der Waals surface area (Å²) in [5, 5.41) is 24.5. The predicted octanol–water partition coefficient (Wildman–Crippen LogP) is -4.60. The van der Waals surface area contributed by atoms with Crippen LogP contribution in [-0.4, -0.2) is 69.3 Å². The summed E-state index contributed by atoms with van der Waals surface area (Å²) in [6.07, 6.45) is 0.681. The summed E-state index contributed by atoms with van der Waals surface area (Å²) >= 11 is 0. The molecule has 1 spiro atoms. The van der Waals surface area contributed by atoms with Crippen LogP contribution in [0, 0.1) is 0 Å². The van der Waals surface area contributed by atoms with Crippen LogP contribution in [0.25, 0.3) is 0 Å². The van der Waals surface area contributed by atoms with Crippen LogP contribution in [-0.2, 0) is 4.74 Å². The van der Waals surface area contributed by atoms with E-state index in [1.807, 2.05) is 6.92 Å². The van der Waals surface area contributed by atoms with Gasteiger partial charge in [-0.05, 0) is 6.42 Å². The van der Waals surface area contributed by atoms with Crippen molar-refractivity contribution in [1.29, 1.82) is 0 Å². The van der Waals surface area contributed by atoms with Crippen LogP contribution in [0.15, 0.2) is 4.99 Å². The zero-order valence-electron chi connectivity index (χ0n) is 13.4. The Hall–Kier alpha value is -2.27. The largest absolute Gasteiger partial charge is 0.447 e. The molecule has 0 radical (unpaired) electrons. The Kier molecular flexibility index (Phi) is 3.72. The molecule has 0 aliphatic carbocycles. The van der Waals surface area contributed by atoms with Crippen molar-refractivity contribution in [1.82, 2.24) is 10.2 Å². The molecule has 4 atom stereocenters. The van der Waals surface area contributed by atoms with E-state index < -0.39 is 29.6 Å². The average Bonchev–Trinajstić information content (AvgIpc) is 2.92. The monoisotopic (exact) mass is 342 g/mol. The second kappa shape index (κ2) is 5.38. The van der Waals surface area contributed by atoms with Crippen molar-refractivity contribution in [3.8, 4) is 0 Å². The number of aliphatic hydroxyl groups is 2. The number of guanidine groups is 2. The van der Waals surface area contributed by atoms with Crippen molar-refractivity contribution in [2.24, 2.45) is 22.2 Å². The summed E-state index contributed by atoms with van der Waals surface area (Å²) in [7, 11) is 0. The van der Waals surface area contributed by atoms with Gasteiger partial charge in [-0.3, -0.25) is 15.6 Å². The van der Waals surface area contributed by atoms with Gasteiger partial charge in [0.1, 0.15) is 12.6 Å². The van der Waals surface area contributed by atoms with Crippen LogP contribution >= 0.6 is 0 Å². The summed E-state index contributed by atoms with van der Waals surface area (Å²) in [5.74, 6) is -1.81. The number of aliphatic imine (C=N–C) groups is 1. The molecule has 3 aliphatic rings. The lowest BCUT2D eigenvalue weighted by molar-refractivity contribution is -0.522. The lowest BCUT2D eigenvalue weighted by Crippen LogP contribution is -2.90. The maximum absolute atomic E-state index is 10.9. The van der Waals surface area contributed by atoms with Crippen LogP contribution in [0.5, 0.6) is 0 Å². The summed E-state index contributed by atoms with van der Waals surface area (Å²) in [5.41, 5.74) is 15.6. The van der Waals surface area contributed by atoms with Gasteiger partial charge < -0.3 is 26.4 Å². The van der Waals surface area contributed by atoms with Gasteiger partial charge in [0, 0.05) is 12.5 Å². The van der Waals surface area contributed by atoms with Crippen LogP contribution < -0.4 is 27.5 Å². The standard InChI is InChI=1S/C13H23N7O4/c1-2-3-6-4-12(22,23)13-8(18-9(14)19-13)7(5-24-11(16)21)17-10(15)20(6)13/h6-8,22-23H,2-5H2,1H3,(H2,15,17)(H2,16,21)(H3,14,18,19)/p+1/t6?,7-,8-,13-/m0/s1. The Labute approximate surface area is 138 Å². The van der Waals surface area contributed by atoms with E-state index in [1.165, 1.54) is 0 Å². The van der Waals surface area contributed by atoms with Gasteiger partial charge >= 0.3 is 12.1 Å². The molecule has 0 saturated carbocycles. The summed E-state index contributed by atoms with van der Waals surface area (Å²) in [6.45, 7) is 1.84. The van der Waals surface area contributed by atoms with Gasteiger partial charge in [0.15, 0.2) is 12.0 Å². The van der Waals surface area contributed by atoms with Crippen molar-refractivity contribution in [2.45, 2.75) is 55.8 Å². The first-order valence-electron chi connectivity index (χ1n) is 7.89. The Bertz CT molecular complexity index is 607. The molecule has 24 heavy (non-hydrogen) atoms. The third-order valence-corrected chi connectivity index (χ3v) is 4.91. The number of hydrogen-bond acceptors (Lipinski definition) is 9. The third kappa shape index (κ3) is 2.15. The summed E-state index contributed by atoms with van der Waals surface area (Å²) in [4.78, 5) is 19.9. The fourth-order valence-electron chi connectivity index (χ4n) is 4.12. The Morgan fingerprint density at radius 3 is 2.88 bits per heavy atom. The molecule has 3 rings (SSSR count). The molecule has 0 aromatic rings. The minimum Gasteiger partial charge on any atom is -0.447 e. The number of rotatable bonds is 4. The van der Waals surface area contributed by atoms with E-state index >= 15 is 0 Å². The number of primary amides is 1. The fraction of sp³-hybridized carbons (Fsp3) is 0.769. The number of carbonyl (C=O) groups is 1. The van der Waals surface area contributed by atoms with Crippen molar-refractivity contribution in [3.63, 3.8) is 0 Å². The first-order valence-corrected chi connectivity index (χ1v) is 7.89. The molecule has 10 N–H and O–H groups in total. The number of amides is 1. The minimum absolute atomic E-state index is 0.0823. The second-order valence-electron chi connectivity index (χ2n) is 6.44. The van der Waals surface area contributed by atoms with E-state index in [0.29, 0.717) is 6.42 Å². The van der Waals surface area contributed by atoms with E-state index in [2.05, 4.69) is 15.3 Å². The Morgan fingerprint density at radius 2 is 2.25 bits per heavy atom. The predicted molar refractivity (Wildman–Crippen MR) is 83.1 cm³/mol. The first kappa shape index (κ1) is 16.6. The fourth-order valence-corrected chi connectivity index (χ4v) is 4.12. The number of hydrogen-bond donors (Lipinski definition) is 7. The summed E-state index contributed by atoms with van der Waals surface area (Å²) in [6, 6.07) is -1.56. The van der Waals surface area contributed by atoms with Crippen molar-refractivity contribution in [3.05, 3.63) is 0 Å². The van der Waals surface area contributed by atoms with Gasteiger partial charge in [0.2, 0.25) is 5.79 Å². The molecule has 0 bridgehead atoms. The first-order chi connectivity index (χ1) is 11.2. The maximum atomic E-state index is 10.9. The van der Waals surface area contributed by atoms with E-state index in [9.17, 15) is 15.0 Å². The molecule has 1 fully saturated rings. The van der Waals surface area contributed by atoms with Gasteiger partial charge in [0.05, 0.1) is 0 Å². The van der Waals surface area contributed by atoms with Gasteiger partial charge in [-0.2, -0.15) is 0 Å². The molecule has 3 aliphatic heterocycles. The molecule has 11 heteroatoms. The lowest BCUT2D eigenvalue weighted by Gasteiger charge is -2.46. The molecule has 1 saturated heterocycles.